The average molecular weight is 388 g/mol. The van der Waals surface area contributed by atoms with Gasteiger partial charge in [0.25, 0.3) is 0 Å². The van der Waals surface area contributed by atoms with Gasteiger partial charge in [-0.3, -0.25) is 9.69 Å². The van der Waals surface area contributed by atoms with E-state index in [2.05, 4.69) is 15.3 Å². The number of thiazole rings is 1. The molecule has 0 aliphatic carbocycles. The number of hydrogen-bond acceptors (Lipinski definition) is 6. The normalized spacial score (nSPS) is 20.1. The van der Waals surface area contributed by atoms with Crippen LogP contribution in [-0.4, -0.2) is 60.6 Å². The first kappa shape index (κ1) is 18.3. The molecule has 1 aromatic heterocycles. The molecule has 0 N–H and O–H groups in total. The van der Waals surface area contributed by atoms with E-state index < -0.39 is 0 Å². The summed E-state index contributed by atoms with van der Waals surface area (Å²) in [5, 5.41) is 3.23. The zero-order chi connectivity index (χ0) is 18.8. The topological polar surface area (TPSA) is 54.9 Å². The van der Waals surface area contributed by atoms with Crippen molar-refractivity contribution < 1.29 is 14.3 Å². The number of fused-ring (bicyclic) bond motifs is 1. The number of benzene rings is 1. The summed E-state index contributed by atoms with van der Waals surface area (Å²) in [7, 11) is 1.65. The number of hydrogen-bond donors (Lipinski definition) is 0. The second-order valence-electron chi connectivity index (χ2n) is 7.14. The Morgan fingerprint density at radius 2 is 2.15 bits per heavy atom. The highest BCUT2D eigenvalue weighted by Crippen LogP contribution is 2.31. The van der Waals surface area contributed by atoms with Crippen molar-refractivity contribution >= 4 is 17.2 Å². The molecule has 0 radical (unpaired) electrons. The van der Waals surface area contributed by atoms with Crippen molar-refractivity contribution in [2.75, 3.05) is 39.9 Å². The minimum atomic E-state index is -0.114. The summed E-state index contributed by atoms with van der Waals surface area (Å²) in [6, 6.07) is 5.79. The quantitative estimate of drug-likeness (QED) is 0.806. The van der Waals surface area contributed by atoms with Crippen LogP contribution in [0.25, 0.3) is 0 Å². The lowest BCUT2D eigenvalue weighted by Gasteiger charge is -2.37. The van der Waals surface area contributed by atoms with Gasteiger partial charge in [0.1, 0.15) is 18.1 Å². The highest BCUT2D eigenvalue weighted by Gasteiger charge is 2.31. The fraction of sp³-hybridized carbons (Fsp3) is 0.500. The molecule has 3 heterocycles. The molecule has 1 amide bonds. The minimum Gasteiger partial charge on any atom is -0.497 e. The van der Waals surface area contributed by atoms with Gasteiger partial charge < -0.3 is 14.4 Å². The lowest BCUT2D eigenvalue weighted by atomic mass is 9.95. The predicted octanol–water partition coefficient (Wildman–Crippen LogP) is 2.36. The van der Waals surface area contributed by atoms with Crippen LogP contribution in [0.3, 0.4) is 0 Å². The van der Waals surface area contributed by atoms with Gasteiger partial charge >= 0.3 is 0 Å². The molecule has 0 spiro atoms. The molecule has 1 fully saturated rings. The third kappa shape index (κ3) is 4.09. The minimum absolute atomic E-state index is 0.114. The smallest absolute Gasteiger partial charge is 0.229 e. The first-order valence-electron chi connectivity index (χ1n) is 9.34. The Kier molecular flexibility index (Phi) is 5.31. The Labute approximate surface area is 163 Å². The van der Waals surface area contributed by atoms with Crippen LogP contribution in [0.15, 0.2) is 23.6 Å². The lowest BCUT2D eigenvalue weighted by molar-refractivity contribution is -0.138. The van der Waals surface area contributed by atoms with Crippen molar-refractivity contribution in [1.82, 2.24) is 14.8 Å². The van der Waals surface area contributed by atoms with Crippen molar-refractivity contribution in [3.63, 3.8) is 0 Å². The zero-order valence-corrected chi connectivity index (χ0v) is 16.6. The van der Waals surface area contributed by atoms with Crippen molar-refractivity contribution in [2.45, 2.75) is 19.9 Å². The summed E-state index contributed by atoms with van der Waals surface area (Å²) in [4.78, 5) is 21.9. The van der Waals surface area contributed by atoms with Crippen molar-refractivity contribution in [1.29, 1.82) is 0 Å². The van der Waals surface area contributed by atoms with Crippen LogP contribution in [0, 0.1) is 12.8 Å². The number of amides is 1. The van der Waals surface area contributed by atoms with Crippen LogP contribution in [0.1, 0.15) is 16.3 Å². The summed E-state index contributed by atoms with van der Waals surface area (Å²) in [5.41, 5.74) is 2.18. The number of aryl methyl sites for hydroxylation is 1. The van der Waals surface area contributed by atoms with Gasteiger partial charge in [0.05, 0.1) is 23.7 Å². The Bertz CT molecular complexity index is 815. The van der Waals surface area contributed by atoms with Crippen molar-refractivity contribution in [3.8, 4) is 11.5 Å². The monoisotopic (exact) mass is 387 g/mol. The summed E-state index contributed by atoms with van der Waals surface area (Å²) in [6.07, 6.45) is 0.712. The third-order valence-electron chi connectivity index (χ3n) is 5.26. The fourth-order valence-corrected chi connectivity index (χ4v) is 4.35. The molecule has 2 aromatic rings. The largest absolute Gasteiger partial charge is 0.497 e. The zero-order valence-electron chi connectivity index (χ0n) is 15.8. The number of carbonyl (C=O) groups is 1. The van der Waals surface area contributed by atoms with E-state index >= 15 is 0 Å². The van der Waals surface area contributed by atoms with E-state index in [1.807, 2.05) is 30.0 Å². The maximum Gasteiger partial charge on any atom is 0.229 e. The van der Waals surface area contributed by atoms with E-state index in [4.69, 9.17) is 9.47 Å². The SMILES string of the molecule is COc1ccc2c(c1)C[C@@H](C(=O)N1CCN(Cc3csc(C)n3)CC1)CO2. The van der Waals surface area contributed by atoms with E-state index in [-0.39, 0.29) is 11.8 Å². The van der Waals surface area contributed by atoms with Gasteiger partial charge in [-0.15, -0.1) is 11.3 Å². The number of carbonyl (C=O) groups excluding carboxylic acids is 1. The summed E-state index contributed by atoms with van der Waals surface area (Å²) < 4.78 is 11.1. The van der Waals surface area contributed by atoms with Gasteiger partial charge in [-0.25, -0.2) is 4.98 Å². The second-order valence-corrected chi connectivity index (χ2v) is 8.21. The van der Waals surface area contributed by atoms with E-state index in [0.29, 0.717) is 13.0 Å². The molecule has 1 aromatic carbocycles. The van der Waals surface area contributed by atoms with Gasteiger partial charge in [-0.1, -0.05) is 0 Å². The molecule has 0 saturated carbocycles. The molecule has 7 heteroatoms. The summed E-state index contributed by atoms with van der Waals surface area (Å²) in [5.74, 6) is 1.75. The van der Waals surface area contributed by atoms with Crippen LogP contribution in [-0.2, 0) is 17.8 Å². The molecular weight excluding hydrogens is 362 g/mol. The summed E-state index contributed by atoms with van der Waals surface area (Å²) >= 11 is 1.69. The summed E-state index contributed by atoms with van der Waals surface area (Å²) in [6.45, 7) is 6.67. The molecular formula is C20H25N3O3S. The number of ether oxygens (including phenoxy) is 2. The molecule has 144 valence electrons. The van der Waals surface area contributed by atoms with Crippen LogP contribution in [0.2, 0.25) is 0 Å². The van der Waals surface area contributed by atoms with Gasteiger partial charge in [0, 0.05) is 38.1 Å². The number of rotatable bonds is 4. The molecule has 1 saturated heterocycles. The van der Waals surface area contributed by atoms with E-state index in [1.165, 1.54) is 0 Å². The average Bonchev–Trinajstić information content (AvgIpc) is 3.11. The first-order chi connectivity index (χ1) is 13.1. The van der Waals surface area contributed by atoms with Crippen LogP contribution >= 0.6 is 11.3 Å². The van der Waals surface area contributed by atoms with E-state index in [0.717, 1.165) is 60.5 Å². The number of aromatic nitrogens is 1. The van der Waals surface area contributed by atoms with Gasteiger partial charge in [-0.2, -0.15) is 0 Å². The molecule has 2 aliphatic rings. The Morgan fingerprint density at radius 1 is 1.33 bits per heavy atom. The molecule has 27 heavy (non-hydrogen) atoms. The molecule has 6 nitrogen and oxygen atoms in total. The Balaban J connectivity index is 1.32. The van der Waals surface area contributed by atoms with Crippen molar-refractivity contribution in [3.05, 3.63) is 39.8 Å². The van der Waals surface area contributed by atoms with E-state index in [1.54, 1.807) is 18.4 Å². The first-order valence-corrected chi connectivity index (χ1v) is 10.2. The van der Waals surface area contributed by atoms with E-state index in [9.17, 15) is 4.79 Å². The standard InChI is InChI=1S/C20H25N3O3S/c1-14-21-17(13-27-14)11-22-5-7-23(8-6-22)20(24)16-9-15-10-18(25-2)3-4-19(15)26-12-16/h3-4,10,13,16H,5-9,11-12H2,1-2H3/t16-/m1/s1. The highest BCUT2D eigenvalue weighted by molar-refractivity contribution is 7.09. The Hall–Kier alpha value is -2.12. The van der Waals surface area contributed by atoms with Gasteiger partial charge in [0.15, 0.2) is 0 Å². The lowest BCUT2D eigenvalue weighted by Crippen LogP contribution is -2.51. The molecule has 4 rings (SSSR count). The predicted molar refractivity (Wildman–Crippen MR) is 104 cm³/mol. The van der Waals surface area contributed by atoms with Gasteiger partial charge in [0.2, 0.25) is 5.91 Å². The fourth-order valence-electron chi connectivity index (χ4n) is 3.75. The number of methoxy groups -OCH3 is 1. The van der Waals surface area contributed by atoms with Crippen LogP contribution in [0.5, 0.6) is 11.5 Å². The van der Waals surface area contributed by atoms with Crippen molar-refractivity contribution in [2.24, 2.45) is 5.92 Å². The van der Waals surface area contributed by atoms with Crippen LogP contribution in [0.4, 0.5) is 0 Å². The van der Waals surface area contributed by atoms with Crippen LogP contribution < -0.4 is 9.47 Å². The second kappa shape index (κ2) is 7.86. The molecule has 0 unspecified atom stereocenters. The molecule has 1 atom stereocenters. The van der Waals surface area contributed by atoms with Gasteiger partial charge in [-0.05, 0) is 37.1 Å². The Morgan fingerprint density at radius 3 is 2.85 bits per heavy atom. The third-order valence-corrected chi connectivity index (χ3v) is 6.08. The number of nitrogens with zero attached hydrogens (tertiary/aromatic N) is 3. The highest BCUT2D eigenvalue weighted by atomic mass is 32.1. The maximum absolute atomic E-state index is 13.0. The number of piperazine rings is 1. The molecule has 2 aliphatic heterocycles. The molecule has 0 bridgehead atoms. The maximum atomic E-state index is 13.0.